The van der Waals surface area contributed by atoms with Crippen LogP contribution in [0.1, 0.15) is 37.7 Å². The predicted molar refractivity (Wildman–Crippen MR) is 93.9 cm³/mol. The highest BCUT2D eigenvalue weighted by Gasteiger charge is 2.48. The summed E-state index contributed by atoms with van der Waals surface area (Å²) in [4.78, 5) is 17.4. The number of halogens is 2. The van der Waals surface area contributed by atoms with Crippen molar-refractivity contribution in [3.05, 3.63) is 29.8 Å². The fourth-order valence-electron chi connectivity index (χ4n) is 4.50. The number of ether oxygens (including phenoxy) is 1. The first kappa shape index (κ1) is 17.7. The molecule has 26 heavy (non-hydrogen) atoms. The van der Waals surface area contributed by atoms with E-state index >= 15 is 0 Å². The lowest BCUT2D eigenvalue weighted by Crippen LogP contribution is -2.50. The lowest BCUT2D eigenvalue weighted by Gasteiger charge is -2.39. The van der Waals surface area contributed by atoms with Crippen molar-refractivity contribution < 1.29 is 18.3 Å². The van der Waals surface area contributed by atoms with Crippen LogP contribution in [0.2, 0.25) is 0 Å². The predicted octanol–water partition coefficient (Wildman–Crippen LogP) is 3.51. The van der Waals surface area contributed by atoms with Crippen LogP contribution in [-0.2, 0) is 11.3 Å². The molecule has 0 unspecified atom stereocenters. The number of likely N-dealkylation sites (tertiary alicyclic amines) is 2. The summed E-state index contributed by atoms with van der Waals surface area (Å²) in [5.74, 6) is 1.26. The number of alkyl halides is 2. The SMILES string of the molecule is O=C1N(CC2CC2)CCC[C@]12CCN(Cc1ccccc1OC(F)F)C2. The summed E-state index contributed by atoms with van der Waals surface area (Å²) in [5.41, 5.74) is 0.481. The minimum absolute atomic E-state index is 0.230. The molecule has 6 heteroatoms. The van der Waals surface area contributed by atoms with Crippen LogP contribution in [0.15, 0.2) is 24.3 Å². The van der Waals surface area contributed by atoms with Crippen molar-refractivity contribution in [2.24, 2.45) is 11.3 Å². The van der Waals surface area contributed by atoms with Gasteiger partial charge >= 0.3 is 6.61 Å². The van der Waals surface area contributed by atoms with Crippen molar-refractivity contribution >= 4 is 5.91 Å². The van der Waals surface area contributed by atoms with Gasteiger partial charge in [-0.25, -0.2) is 0 Å². The molecule has 3 fully saturated rings. The molecule has 2 aliphatic heterocycles. The fraction of sp³-hybridized carbons (Fsp3) is 0.650. The van der Waals surface area contributed by atoms with Crippen molar-refractivity contribution in [1.82, 2.24) is 9.80 Å². The molecule has 0 N–H and O–H groups in total. The summed E-state index contributed by atoms with van der Waals surface area (Å²) < 4.78 is 29.9. The minimum Gasteiger partial charge on any atom is -0.434 e. The zero-order valence-electron chi connectivity index (χ0n) is 15.0. The van der Waals surface area contributed by atoms with E-state index < -0.39 is 6.61 Å². The van der Waals surface area contributed by atoms with E-state index in [1.54, 1.807) is 12.1 Å². The van der Waals surface area contributed by atoms with Crippen LogP contribution in [-0.4, -0.2) is 48.5 Å². The third-order valence-electron chi connectivity index (χ3n) is 6.02. The second-order valence-corrected chi connectivity index (χ2v) is 8.03. The maximum atomic E-state index is 13.1. The van der Waals surface area contributed by atoms with E-state index in [9.17, 15) is 13.6 Å². The number of carbonyl (C=O) groups is 1. The fourth-order valence-corrected chi connectivity index (χ4v) is 4.50. The number of hydrogen-bond donors (Lipinski definition) is 0. The Morgan fingerprint density at radius 2 is 2.00 bits per heavy atom. The van der Waals surface area contributed by atoms with E-state index in [2.05, 4.69) is 14.5 Å². The Kier molecular flexibility index (Phi) is 4.86. The lowest BCUT2D eigenvalue weighted by molar-refractivity contribution is -0.145. The van der Waals surface area contributed by atoms with Crippen LogP contribution < -0.4 is 4.74 Å². The van der Waals surface area contributed by atoms with Crippen molar-refractivity contribution in [2.45, 2.75) is 45.3 Å². The van der Waals surface area contributed by atoms with Crippen LogP contribution in [0.3, 0.4) is 0 Å². The average molecular weight is 364 g/mol. The molecule has 0 aromatic heterocycles. The molecule has 4 rings (SSSR count). The number of carbonyl (C=O) groups excluding carboxylic acids is 1. The van der Waals surface area contributed by atoms with E-state index in [0.29, 0.717) is 18.4 Å². The Labute approximate surface area is 153 Å². The summed E-state index contributed by atoms with van der Waals surface area (Å²) >= 11 is 0. The molecule has 142 valence electrons. The minimum atomic E-state index is -2.82. The molecular formula is C20H26F2N2O2. The molecule has 4 nitrogen and oxygen atoms in total. The van der Waals surface area contributed by atoms with Gasteiger partial charge in [-0.1, -0.05) is 18.2 Å². The molecule has 1 aromatic rings. The maximum Gasteiger partial charge on any atom is 0.387 e. The molecule has 1 aliphatic carbocycles. The summed E-state index contributed by atoms with van der Waals surface area (Å²) in [5, 5.41) is 0. The highest BCUT2D eigenvalue weighted by molar-refractivity contribution is 5.84. The zero-order valence-corrected chi connectivity index (χ0v) is 15.0. The zero-order chi connectivity index (χ0) is 18.1. The normalized spacial score (nSPS) is 26.9. The number of rotatable bonds is 6. The van der Waals surface area contributed by atoms with Crippen molar-refractivity contribution in [3.8, 4) is 5.75 Å². The molecule has 1 aromatic carbocycles. The van der Waals surface area contributed by atoms with Crippen molar-refractivity contribution in [1.29, 1.82) is 0 Å². The van der Waals surface area contributed by atoms with Gasteiger partial charge in [-0.15, -0.1) is 0 Å². The van der Waals surface area contributed by atoms with Crippen LogP contribution in [0.25, 0.3) is 0 Å². The van der Waals surface area contributed by atoms with Gasteiger partial charge in [-0.05, 0) is 50.6 Å². The summed E-state index contributed by atoms with van der Waals surface area (Å²) in [7, 11) is 0. The average Bonchev–Trinajstić information content (AvgIpc) is 3.34. The van der Waals surface area contributed by atoms with Gasteiger partial charge in [0.25, 0.3) is 0 Å². The number of hydrogen-bond acceptors (Lipinski definition) is 3. The standard InChI is InChI=1S/C20H26F2N2O2/c21-19(22)26-17-5-2-1-4-16(17)13-23-11-9-20(14-23)8-3-10-24(18(20)25)12-15-6-7-15/h1-2,4-5,15,19H,3,6-14H2/t20-/m1/s1. The van der Waals surface area contributed by atoms with Gasteiger partial charge in [0.2, 0.25) is 5.91 Å². The smallest absolute Gasteiger partial charge is 0.387 e. The maximum absolute atomic E-state index is 13.1. The second kappa shape index (κ2) is 7.14. The number of amides is 1. The Bertz CT molecular complexity index is 665. The van der Waals surface area contributed by atoms with Crippen LogP contribution >= 0.6 is 0 Å². The third kappa shape index (κ3) is 3.70. The quantitative estimate of drug-likeness (QED) is 0.774. The number of para-hydroxylation sites is 1. The second-order valence-electron chi connectivity index (χ2n) is 8.03. The van der Waals surface area contributed by atoms with E-state index in [1.807, 2.05) is 12.1 Å². The van der Waals surface area contributed by atoms with Gasteiger partial charge < -0.3 is 9.64 Å². The molecule has 2 heterocycles. The van der Waals surface area contributed by atoms with Gasteiger partial charge in [0, 0.05) is 31.7 Å². The number of benzene rings is 1. The Hall–Kier alpha value is -1.69. The first-order valence-electron chi connectivity index (χ1n) is 9.60. The van der Waals surface area contributed by atoms with Crippen molar-refractivity contribution in [2.75, 3.05) is 26.2 Å². The van der Waals surface area contributed by atoms with Crippen molar-refractivity contribution in [3.63, 3.8) is 0 Å². The molecule has 0 bridgehead atoms. The number of nitrogens with zero attached hydrogens (tertiary/aromatic N) is 2. The summed E-state index contributed by atoms with van der Waals surface area (Å²) in [6, 6.07) is 6.94. The molecule has 1 atom stereocenters. The third-order valence-corrected chi connectivity index (χ3v) is 6.02. The van der Waals surface area contributed by atoms with Gasteiger partial charge in [-0.3, -0.25) is 9.69 Å². The van der Waals surface area contributed by atoms with Gasteiger partial charge in [0.05, 0.1) is 5.41 Å². The summed E-state index contributed by atoms with van der Waals surface area (Å²) in [6.07, 6.45) is 5.38. The lowest BCUT2D eigenvalue weighted by atomic mass is 9.78. The topological polar surface area (TPSA) is 32.8 Å². The largest absolute Gasteiger partial charge is 0.434 e. The highest BCUT2D eigenvalue weighted by Crippen LogP contribution is 2.42. The van der Waals surface area contributed by atoms with Gasteiger partial charge in [0.15, 0.2) is 0 Å². The Morgan fingerprint density at radius 1 is 1.19 bits per heavy atom. The van der Waals surface area contributed by atoms with Gasteiger partial charge in [-0.2, -0.15) is 8.78 Å². The monoisotopic (exact) mass is 364 g/mol. The van der Waals surface area contributed by atoms with E-state index in [0.717, 1.165) is 51.0 Å². The Balaban J connectivity index is 1.42. The van der Waals surface area contributed by atoms with Crippen LogP contribution in [0.5, 0.6) is 5.75 Å². The molecule has 1 saturated carbocycles. The van der Waals surface area contributed by atoms with Crippen LogP contribution in [0, 0.1) is 11.3 Å². The molecule has 1 amide bonds. The molecular weight excluding hydrogens is 338 g/mol. The number of piperidine rings is 1. The van der Waals surface area contributed by atoms with Crippen LogP contribution in [0.4, 0.5) is 8.78 Å². The molecule has 1 spiro atoms. The molecule has 0 radical (unpaired) electrons. The van der Waals surface area contributed by atoms with E-state index in [4.69, 9.17) is 0 Å². The highest BCUT2D eigenvalue weighted by atomic mass is 19.3. The van der Waals surface area contributed by atoms with Gasteiger partial charge in [0.1, 0.15) is 5.75 Å². The van der Waals surface area contributed by atoms with E-state index in [-0.39, 0.29) is 11.2 Å². The first-order valence-corrected chi connectivity index (χ1v) is 9.60. The molecule has 3 aliphatic rings. The Morgan fingerprint density at radius 3 is 2.77 bits per heavy atom. The summed E-state index contributed by atoms with van der Waals surface area (Å²) in [6.45, 7) is 1.08. The molecule has 2 saturated heterocycles. The van der Waals surface area contributed by atoms with E-state index in [1.165, 1.54) is 12.8 Å². The first-order chi connectivity index (χ1) is 12.6.